The van der Waals surface area contributed by atoms with Crippen molar-refractivity contribution in [3.8, 4) is 11.5 Å². The Morgan fingerprint density at radius 1 is 1.08 bits per heavy atom. The van der Waals surface area contributed by atoms with Gasteiger partial charge in [0.1, 0.15) is 11.5 Å². The number of ether oxygens (including phenoxy) is 1. The molecule has 8 heteroatoms. The summed E-state index contributed by atoms with van der Waals surface area (Å²) in [4.78, 5) is 30.2. The average Bonchev–Trinajstić information content (AvgIpc) is 3.55. The van der Waals surface area contributed by atoms with Gasteiger partial charge in [0.25, 0.3) is 5.91 Å². The van der Waals surface area contributed by atoms with Crippen molar-refractivity contribution in [2.75, 3.05) is 46.3 Å². The van der Waals surface area contributed by atoms with E-state index in [1.54, 1.807) is 18.2 Å². The maximum Gasteiger partial charge on any atom is 0.261 e. The highest BCUT2D eigenvalue weighted by molar-refractivity contribution is 7.21. The smallest absolute Gasteiger partial charge is 0.261 e. The van der Waals surface area contributed by atoms with E-state index in [1.165, 1.54) is 17.4 Å². The predicted molar refractivity (Wildman–Crippen MR) is 141 cm³/mol. The van der Waals surface area contributed by atoms with Gasteiger partial charge in [0, 0.05) is 52.1 Å². The van der Waals surface area contributed by atoms with Crippen LogP contribution < -0.4 is 10.1 Å². The summed E-state index contributed by atoms with van der Waals surface area (Å²) in [6.45, 7) is 5.57. The number of piperazine rings is 1. The van der Waals surface area contributed by atoms with Crippen molar-refractivity contribution in [3.05, 3.63) is 58.7 Å². The summed E-state index contributed by atoms with van der Waals surface area (Å²) in [6.07, 6.45) is 3.09. The zero-order chi connectivity index (χ0) is 25.1. The van der Waals surface area contributed by atoms with Crippen LogP contribution in [0.5, 0.6) is 11.5 Å². The molecular weight excluding hydrogens is 477 g/mol. The number of nitrogens with one attached hydrogen (secondary N) is 1. The van der Waals surface area contributed by atoms with Crippen LogP contribution in [0.25, 0.3) is 10.1 Å². The second-order valence-corrected chi connectivity index (χ2v) is 11.0. The molecule has 0 bridgehead atoms. The third-order valence-electron chi connectivity index (χ3n) is 6.87. The number of benzene rings is 2. The first-order valence-corrected chi connectivity index (χ1v) is 13.5. The van der Waals surface area contributed by atoms with Gasteiger partial charge in [-0.25, -0.2) is 4.39 Å². The van der Waals surface area contributed by atoms with Gasteiger partial charge in [0.15, 0.2) is 11.6 Å². The molecule has 2 heterocycles. The standard InChI is InChI=1S/C28H32FN3O3S/c1-31-11-13-32(14-12-31)10-9-30-28(34)26-18-21-3-2-4-25(27(21)36-26)35-24-8-7-20(17-23(24)29)16-22(33)15-19-5-6-19/h2-4,7-8,17-19H,5-6,9-16H2,1H3,(H,30,34). The number of nitrogens with zero attached hydrogens (tertiary/aromatic N) is 2. The predicted octanol–water partition coefficient (Wildman–Crippen LogP) is 4.72. The molecule has 2 aromatic carbocycles. The lowest BCUT2D eigenvalue weighted by Crippen LogP contribution is -2.46. The minimum absolute atomic E-state index is 0.104. The Balaban J connectivity index is 1.21. The second-order valence-electron chi connectivity index (χ2n) is 9.92. The largest absolute Gasteiger partial charge is 0.453 e. The van der Waals surface area contributed by atoms with Crippen LogP contribution >= 0.6 is 11.3 Å². The number of likely N-dealkylation sites (N-methyl/N-ethyl adjacent to an activating group) is 1. The van der Waals surface area contributed by atoms with Gasteiger partial charge in [0.2, 0.25) is 0 Å². The molecular formula is C28H32FN3O3S. The zero-order valence-corrected chi connectivity index (χ0v) is 21.4. The van der Waals surface area contributed by atoms with Crippen molar-refractivity contribution in [1.82, 2.24) is 15.1 Å². The van der Waals surface area contributed by atoms with E-state index in [0.717, 1.165) is 55.7 Å². The summed E-state index contributed by atoms with van der Waals surface area (Å²) < 4.78 is 21.5. The van der Waals surface area contributed by atoms with Gasteiger partial charge in [-0.3, -0.25) is 14.5 Å². The minimum atomic E-state index is -0.498. The molecule has 1 saturated heterocycles. The molecule has 1 amide bonds. The lowest BCUT2D eigenvalue weighted by Gasteiger charge is -2.32. The molecule has 0 radical (unpaired) electrons. The molecule has 1 aliphatic heterocycles. The van der Waals surface area contributed by atoms with Crippen molar-refractivity contribution in [3.63, 3.8) is 0 Å². The van der Waals surface area contributed by atoms with E-state index in [0.29, 0.717) is 35.1 Å². The van der Waals surface area contributed by atoms with Crippen LogP contribution in [-0.2, 0) is 11.2 Å². The van der Waals surface area contributed by atoms with Crippen LogP contribution in [0.1, 0.15) is 34.5 Å². The lowest BCUT2D eigenvalue weighted by atomic mass is 10.0. The van der Waals surface area contributed by atoms with E-state index in [2.05, 4.69) is 22.2 Å². The van der Waals surface area contributed by atoms with E-state index in [1.807, 2.05) is 18.2 Å². The van der Waals surface area contributed by atoms with Crippen molar-refractivity contribution in [2.24, 2.45) is 5.92 Å². The monoisotopic (exact) mass is 509 g/mol. The first-order chi connectivity index (χ1) is 17.4. The van der Waals surface area contributed by atoms with Crippen molar-refractivity contribution >= 4 is 33.1 Å². The van der Waals surface area contributed by atoms with Gasteiger partial charge in [-0.2, -0.15) is 0 Å². The number of halogens is 1. The lowest BCUT2D eigenvalue weighted by molar-refractivity contribution is -0.118. The highest BCUT2D eigenvalue weighted by Crippen LogP contribution is 2.37. The van der Waals surface area contributed by atoms with Gasteiger partial charge < -0.3 is 15.0 Å². The first kappa shape index (κ1) is 24.9. The summed E-state index contributed by atoms with van der Waals surface area (Å²) >= 11 is 1.34. The summed E-state index contributed by atoms with van der Waals surface area (Å²) in [7, 11) is 2.13. The fourth-order valence-corrected chi connectivity index (χ4v) is 5.54. The maximum atomic E-state index is 14.8. The Morgan fingerprint density at radius 2 is 1.89 bits per heavy atom. The fraction of sp³-hybridized carbons (Fsp3) is 0.429. The highest BCUT2D eigenvalue weighted by Gasteiger charge is 2.24. The molecule has 1 N–H and O–H groups in total. The van der Waals surface area contributed by atoms with E-state index < -0.39 is 5.82 Å². The minimum Gasteiger partial charge on any atom is -0.453 e. The molecule has 3 aromatic rings. The molecule has 0 spiro atoms. The fourth-order valence-electron chi connectivity index (χ4n) is 4.51. The normalized spacial score (nSPS) is 16.8. The van der Waals surface area contributed by atoms with E-state index >= 15 is 0 Å². The number of hydrogen-bond acceptors (Lipinski definition) is 6. The Kier molecular flexibility index (Phi) is 7.65. The van der Waals surface area contributed by atoms with Crippen LogP contribution in [0, 0.1) is 11.7 Å². The molecule has 6 nitrogen and oxygen atoms in total. The molecule has 1 aliphatic carbocycles. The van der Waals surface area contributed by atoms with E-state index in [9.17, 15) is 14.0 Å². The van der Waals surface area contributed by atoms with Crippen molar-refractivity contribution in [1.29, 1.82) is 0 Å². The molecule has 0 unspecified atom stereocenters. The van der Waals surface area contributed by atoms with Gasteiger partial charge in [-0.15, -0.1) is 11.3 Å². The molecule has 5 rings (SSSR count). The van der Waals surface area contributed by atoms with Gasteiger partial charge in [-0.05, 0) is 61.0 Å². The number of thiophene rings is 1. The third kappa shape index (κ3) is 6.30. The molecule has 0 atom stereocenters. The number of amides is 1. The van der Waals surface area contributed by atoms with Crippen LogP contribution in [0.15, 0.2) is 42.5 Å². The summed E-state index contributed by atoms with van der Waals surface area (Å²) in [5, 5.41) is 3.90. The van der Waals surface area contributed by atoms with Gasteiger partial charge >= 0.3 is 0 Å². The van der Waals surface area contributed by atoms with Crippen molar-refractivity contribution in [2.45, 2.75) is 25.7 Å². The number of fused-ring (bicyclic) bond motifs is 1. The highest BCUT2D eigenvalue weighted by atomic mass is 32.1. The molecule has 1 aromatic heterocycles. The van der Waals surface area contributed by atoms with E-state index in [-0.39, 0.29) is 23.9 Å². The Morgan fingerprint density at radius 3 is 2.64 bits per heavy atom. The average molecular weight is 510 g/mol. The van der Waals surface area contributed by atoms with Gasteiger partial charge in [-0.1, -0.05) is 18.2 Å². The number of carbonyl (C=O) groups is 2. The van der Waals surface area contributed by atoms with Crippen LogP contribution in [-0.4, -0.2) is 67.8 Å². The second kappa shape index (κ2) is 11.1. The SMILES string of the molecule is CN1CCN(CCNC(=O)c2cc3cccc(Oc4ccc(CC(=O)CC5CC5)cc4F)c3s2)CC1. The molecule has 2 aliphatic rings. The van der Waals surface area contributed by atoms with Crippen LogP contribution in [0.4, 0.5) is 4.39 Å². The topological polar surface area (TPSA) is 61.9 Å². The van der Waals surface area contributed by atoms with E-state index in [4.69, 9.17) is 4.74 Å². The number of ketones is 1. The zero-order valence-electron chi connectivity index (χ0n) is 20.6. The Labute approximate surface area is 215 Å². The first-order valence-electron chi connectivity index (χ1n) is 12.6. The van der Waals surface area contributed by atoms with Crippen LogP contribution in [0.3, 0.4) is 0 Å². The molecule has 2 fully saturated rings. The Bertz CT molecular complexity index is 1250. The maximum absolute atomic E-state index is 14.8. The summed E-state index contributed by atoms with van der Waals surface area (Å²) in [5.41, 5.74) is 0.662. The molecule has 190 valence electrons. The number of Topliss-reactive ketones (excluding diaryl/α,β-unsaturated/α-hetero) is 1. The number of rotatable bonds is 10. The molecule has 1 saturated carbocycles. The van der Waals surface area contributed by atoms with Gasteiger partial charge in [0.05, 0.1) is 9.58 Å². The summed E-state index contributed by atoms with van der Waals surface area (Å²) in [5.74, 6) is 0.686. The quantitative estimate of drug-likeness (QED) is 0.429. The third-order valence-corrected chi connectivity index (χ3v) is 8.04. The van der Waals surface area contributed by atoms with Crippen LogP contribution in [0.2, 0.25) is 0 Å². The number of carbonyl (C=O) groups excluding carboxylic acids is 2. The Hall–Kier alpha value is -2.81. The summed E-state index contributed by atoms with van der Waals surface area (Å²) in [6, 6.07) is 12.1. The molecule has 36 heavy (non-hydrogen) atoms. The number of hydrogen-bond donors (Lipinski definition) is 1. The van der Waals surface area contributed by atoms with Crippen molar-refractivity contribution < 1.29 is 18.7 Å².